The average Bonchev–Trinajstić information content (AvgIpc) is 2.97. The first-order valence-corrected chi connectivity index (χ1v) is 6.87. The first-order chi connectivity index (χ1) is 9.74. The van der Waals surface area contributed by atoms with Crippen LogP contribution in [-0.2, 0) is 0 Å². The van der Waals surface area contributed by atoms with Crippen LogP contribution in [0.3, 0.4) is 0 Å². The van der Waals surface area contributed by atoms with Crippen molar-refractivity contribution < 1.29 is 4.79 Å². The number of rotatable bonds is 2. The second-order valence-corrected chi connectivity index (χ2v) is 5.12. The summed E-state index contributed by atoms with van der Waals surface area (Å²) in [5.41, 5.74) is 1.60. The Morgan fingerprint density at radius 3 is 2.90 bits per heavy atom. The zero-order chi connectivity index (χ0) is 13.9. The van der Waals surface area contributed by atoms with Gasteiger partial charge in [-0.2, -0.15) is 5.10 Å². The predicted octanol–water partition coefficient (Wildman–Crippen LogP) is 1.31. The van der Waals surface area contributed by atoms with Crippen LogP contribution in [0.25, 0.3) is 5.69 Å². The lowest BCUT2D eigenvalue weighted by atomic mass is 10.2. The molecule has 1 N–H and O–H groups in total. The van der Waals surface area contributed by atoms with E-state index in [9.17, 15) is 4.79 Å². The third kappa shape index (κ3) is 2.58. The molecule has 0 spiro atoms. The van der Waals surface area contributed by atoms with E-state index in [0.717, 1.165) is 25.3 Å². The van der Waals surface area contributed by atoms with Crippen LogP contribution in [0.2, 0.25) is 0 Å². The molecule has 2 aromatic rings. The third-order valence-corrected chi connectivity index (χ3v) is 3.51. The number of carbonyl (C=O) groups is 1. The normalized spacial score (nSPS) is 19.1. The average molecular weight is 270 g/mol. The molecule has 1 unspecified atom stereocenters. The highest BCUT2D eigenvalue weighted by Gasteiger charge is 2.22. The van der Waals surface area contributed by atoms with Crippen molar-refractivity contribution in [2.24, 2.45) is 0 Å². The third-order valence-electron chi connectivity index (χ3n) is 3.51. The van der Waals surface area contributed by atoms with Gasteiger partial charge in [0, 0.05) is 31.9 Å². The number of benzene rings is 1. The van der Waals surface area contributed by atoms with E-state index in [1.807, 2.05) is 35.2 Å². The minimum absolute atomic E-state index is 0.0560. The molecule has 104 valence electrons. The Kier molecular flexibility index (Phi) is 3.52. The zero-order valence-corrected chi connectivity index (χ0v) is 11.5. The van der Waals surface area contributed by atoms with Crippen molar-refractivity contribution >= 4 is 5.91 Å². The van der Waals surface area contributed by atoms with Gasteiger partial charge in [0.25, 0.3) is 5.91 Å². The fraction of sp³-hybridized carbons (Fsp3) is 0.333. The van der Waals surface area contributed by atoms with Crippen LogP contribution in [0.5, 0.6) is 0 Å². The molecule has 20 heavy (non-hydrogen) atoms. The van der Waals surface area contributed by atoms with E-state index < -0.39 is 0 Å². The highest BCUT2D eigenvalue weighted by Crippen LogP contribution is 2.11. The first kappa shape index (κ1) is 12.9. The topological polar surface area (TPSA) is 50.2 Å². The Morgan fingerprint density at radius 1 is 1.35 bits per heavy atom. The van der Waals surface area contributed by atoms with E-state index in [4.69, 9.17) is 0 Å². The molecule has 5 heteroatoms. The van der Waals surface area contributed by atoms with Gasteiger partial charge in [-0.3, -0.25) is 4.79 Å². The van der Waals surface area contributed by atoms with Crippen molar-refractivity contribution in [2.75, 3.05) is 19.6 Å². The molecule has 1 aliphatic heterocycles. The van der Waals surface area contributed by atoms with E-state index >= 15 is 0 Å². The van der Waals surface area contributed by atoms with Gasteiger partial charge in [-0.25, -0.2) is 4.68 Å². The summed E-state index contributed by atoms with van der Waals surface area (Å²) in [5.74, 6) is 0.0560. The molecule has 1 fully saturated rings. The minimum Gasteiger partial charge on any atom is -0.336 e. The van der Waals surface area contributed by atoms with Gasteiger partial charge in [-0.05, 0) is 19.1 Å². The molecule has 0 saturated carbocycles. The number of carbonyl (C=O) groups excluding carboxylic acids is 1. The highest BCUT2D eigenvalue weighted by atomic mass is 16.2. The molecule has 1 aromatic carbocycles. The van der Waals surface area contributed by atoms with Gasteiger partial charge in [-0.1, -0.05) is 18.2 Å². The smallest absolute Gasteiger partial charge is 0.257 e. The van der Waals surface area contributed by atoms with Crippen LogP contribution in [0, 0.1) is 0 Å². The van der Waals surface area contributed by atoms with Crippen molar-refractivity contribution in [1.29, 1.82) is 0 Å². The van der Waals surface area contributed by atoms with E-state index in [1.54, 1.807) is 17.1 Å². The molecule has 1 atom stereocenters. The molecule has 1 amide bonds. The Morgan fingerprint density at radius 2 is 2.15 bits per heavy atom. The molecule has 0 radical (unpaired) electrons. The molecule has 1 aliphatic rings. The first-order valence-electron chi connectivity index (χ1n) is 6.87. The summed E-state index contributed by atoms with van der Waals surface area (Å²) < 4.78 is 1.73. The van der Waals surface area contributed by atoms with Gasteiger partial charge < -0.3 is 10.2 Å². The van der Waals surface area contributed by atoms with E-state index in [2.05, 4.69) is 17.3 Å². The number of hydrogen-bond acceptors (Lipinski definition) is 3. The van der Waals surface area contributed by atoms with Crippen LogP contribution in [0.1, 0.15) is 17.3 Å². The summed E-state index contributed by atoms with van der Waals surface area (Å²) >= 11 is 0. The molecule has 0 aliphatic carbocycles. The summed E-state index contributed by atoms with van der Waals surface area (Å²) in [6.45, 7) is 4.43. The zero-order valence-electron chi connectivity index (χ0n) is 11.5. The largest absolute Gasteiger partial charge is 0.336 e. The number of nitrogens with one attached hydrogen (secondary N) is 1. The van der Waals surface area contributed by atoms with Crippen molar-refractivity contribution in [3.8, 4) is 5.69 Å². The number of hydrogen-bond donors (Lipinski definition) is 1. The second-order valence-electron chi connectivity index (χ2n) is 5.12. The van der Waals surface area contributed by atoms with Crippen LogP contribution in [0.4, 0.5) is 0 Å². The fourth-order valence-electron chi connectivity index (χ4n) is 2.45. The van der Waals surface area contributed by atoms with Gasteiger partial charge >= 0.3 is 0 Å². The van der Waals surface area contributed by atoms with Crippen molar-refractivity contribution in [3.05, 3.63) is 48.3 Å². The molecule has 5 nitrogen and oxygen atoms in total. The Labute approximate surface area is 118 Å². The summed E-state index contributed by atoms with van der Waals surface area (Å²) in [6.07, 6.45) is 3.44. The molecular weight excluding hydrogens is 252 g/mol. The van der Waals surface area contributed by atoms with E-state index in [-0.39, 0.29) is 5.91 Å². The van der Waals surface area contributed by atoms with Crippen LogP contribution < -0.4 is 5.32 Å². The highest BCUT2D eigenvalue weighted by molar-refractivity contribution is 5.94. The van der Waals surface area contributed by atoms with Crippen molar-refractivity contribution in [1.82, 2.24) is 20.0 Å². The molecule has 1 aromatic heterocycles. The van der Waals surface area contributed by atoms with Crippen LogP contribution in [-0.4, -0.2) is 46.3 Å². The lowest BCUT2D eigenvalue weighted by Gasteiger charge is -2.31. The molecule has 1 saturated heterocycles. The van der Waals surface area contributed by atoms with Crippen molar-refractivity contribution in [2.45, 2.75) is 13.0 Å². The summed E-state index contributed by atoms with van der Waals surface area (Å²) in [7, 11) is 0. The Balaban J connectivity index is 1.78. The maximum absolute atomic E-state index is 12.4. The van der Waals surface area contributed by atoms with Gasteiger partial charge in [0.15, 0.2) is 0 Å². The number of nitrogens with zero attached hydrogens (tertiary/aromatic N) is 3. The Hall–Kier alpha value is -2.14. The molecular formula is C15H18N4O. The molecule has 3 rings (SSSR count). The van der Waals surface area contributed by atoms with Crippen LogP contribution >= 0.6 is 0 Å². The minimum atomic E-state index is 0.0560. The van der Waals surface area contributed by atoms with Gasteiger partial charge in [0.2, 0.25) is 0 Å². The van der Waals surface area contributed by atoms with Crippen molar-refractivity contribution in [3.63, 3.8) is 0 Å². The standard InChI is InChI=1S/C15H18N4O/c1-12-10-18(8-7-16-12)15(20)13-9-17-19(11-13)14-5-3-2-4-6-14/h2-6,9,11-12,16H,7-8,10H2,1H3. The number of para-hydroxylation sites is 1. The number of aromatic nitrogens is 2. The summed E-state index contributed by atoms with van der Waals surface area (Å²) in [5, 5.41) is 7.61. The monoisotopic (exact) mass is 270 g/mol. The Bertz CT molecular complexity index is 593. The fourth-order valence-corrected chi connectivity index (χ4v) is 2.45. The quantitative estimate of drug-likeness (QED) is 0.895. The van der Waals surface area contributed by atoms with E-state index in [1.165, 1.54) is 0 Å². The van der Waals surface area contributed by atoms with Gasteiger partial charge in [0.05, 0.1) is 17.4 Å². The second kappa shape index (κ2) is 5.46. The van der Waals surface area contributed by atoms with Gasteiger partial charge in [0.1, 0.15) is 0 Å². The number of amides is 1. The van der Waals surface area contributed by atoms with Crippen LogP contribution in [0.15, 0.2) is 42.7 Å². The van der Waals surface area contributed by atoms with E-state index in [0.29, 0.717) is 11.6 Å². The summed E-state index contributed by atoms with van der Waals surface area (Å²) in [6, 6.07) is 10.1. The molecule has 0 bridgehead atoms. The van der Waals surface area contributed by atoms with Gasteiger partial charge in [-0.15, -0.1) is 0 Å². The summed E-state index contributed by atoms with van der Waals surface area (Å²) in [4.78, 5) is 14.3. The molecule has 2 heterocycles. The maximum Gasteiger partial charge on any atom is 0.257 e. The lowest BCUT2D eigenvalue weighted by molar-refractivity contribution is 0.0709. The lowest BCUT2D eigenvalue weighted by Crippen LogP contribution is -2.51. The number of piperazine rings is 1. The SMILES string of the molecule is CC1CN(C(=O)c2cnn(-c3ccccc3)c2)CCN1. The maximum atomic E-state index is 12.4. The predicted molar refractivity (Wildman–Crippen MR) is 76.9 cm³/mol.